The van der Waals surface area contributed by atoms with Crippen LogP contribution in [0.15, 0.2) is 68.3 Å². The highest BCUT2D eigenvalue weighted by Gasteiger charge is 2.16. The Labute approximate surface area is 199 Å². The number of carbonyl (C=O) groups is 2. The third-order valence-corrected chi connectivity index (χ3v) is 6.14. The number of benzene rings is 1. The maximum Gasteiger partial charge on any atom is 0.338 e. The summed E-state index contributed by atoms with van der Waals surface area (Å²) in [5.41, 5.74) is 0.523. The molecule has 0 amide bonds. The summed E-state index contributed by atoms with van der Waals surface area (Å²) in [5, 5.41) is 11.4. The molecule has 0 aliphatic rings. The molecule has 0 N–H and O–H groups in total. The van der Waals surface area contributed by atoms with Crippen molar-refractivity contribution in [2.24, 2.45) is 0 Å². The van der Waals surface area contributed by atoms with Crippen molar-refractivity contribution in [3.05, 3.63) is 82.1 Å². The zero-order chi connectivity index (χ0) is 23.3. The lowest BCUT2D eigenvalue weighted by molar-refractivity contribution is 0.0445. The highest BCUT2D eigenvalue weighted by molar-refractivity contribution is 7.13. The van der Waals surface area contributed by atoms with Gasteiger partial charge in [-0.3, -0.25) is 0 Å². The van der Waals surface area contributed by atoms with Crippen LogP contribution in [0.4, 0.5) is 0 Å². The van der Waals surface area contributed by atoms with E-state index in [1.807, 2.05) is 35.0 Å². The van der Waals surface area contributed by atoms with Crippen molar-refractivity contribution >= 4 is 34.6 Å². The zero-order valence-corrected chi connectivity index (χ0v) is 18.9. The number of ether oxygens (including phenoxy) is 2. The van der Waals surface area contributed by atoms with Crippen LogP contribution >= 0.6 is 22.7 Å². The minimum absolute atomic E-state index is 0.143. The van der Waals surface area contributed by atoms with Crippen molar-refractivity contribution in [1.29, 1.82) is 0 Å². The normalized spacial score (nSPS) is 10.8. The van der Waals surface area contributed by atoms with E-state index < -0.39 is 11.9 Å². The molecule has 4 heterocycles. The molecule has 1 aromatic carbocycles. The molecule has 0 radical (unpaired) electrons. The second-order valence-corrected chi connectivity index (χ2v) is 8.61. The van der Waals surface area contributed by atoms with Crippen LogP contribution in [-0.2, 0) is 22.7 Å². The first kappa shape index (κ1) is 21.7. The molecule has 0 atom stereocenters. The Bertz CT molecular complexity index is 1280. The van der Waals surface area contributed by atoms with Crippen molar-refractivity contribution < 1.29 is 28.1 Å². The van der Waals surface area contributed by atoms with Gasteiger partial charge in [-0.2, -0.15) is 9.97 Å². The summed E-state index contributed by atoms with van der Waals surface area (Å²) in [6.45, 7) is -0.286. The first-order valence-electron chi connectivity index (χ1n) is 9.83. The lowest BCUT2D eigenvalue weighted by atomic mass is 10.1. The molecule has 10 nitrogen and oxygen atoms in total. The summed E-state index contributed by atoms with van der Waals surface area (Å²) in [6.07, 6.45) is 0. The molecule has 170 valence electrons. The van der Waals surface area contributed by atoms with Crippen LogP contribution in [0.1, 0.15) is 32.4 Å². The van der Waals surface area contributed by atoms with Crippen molar-refractivity contribution in [3.8, 4) is 21.5 Å². The van der Waals surface area contributed by atoms with E-state index in [2.05, 4.69) is 20.3 Å². The molecule has 4 aromatic heterocycles. The van der Waals surface area contributed by atoms with Crippen LogP contribution in [0.5, 0.6) is 0 Å². The average molecular weight is 495 g/mol. The molecular weight excluding hydrogens is 480 g/mol. The number of hydrogen-bond donors (Lipinski definition) is 0. The SMILES string of the molecule is O=C(OCc1noc(-c2cccs2)n1)c1ccc(C(=O)OCc2noc(-c3cccs3)n2)cc1. The van der Waals surface area contributed by atoms with E-state index in [4.69, 9.17) is 18.5 Å². The maximum atomic E-state index is 12.3. The molecule has 0 saturated heterocycles. The standard InChI is InChI=1S/C22H14N4O6S2/c27-21(29-11-17-23-19(31-25-17)15-3-1-9-33-15)13-5-7-14(8-6-13)22(28)30-12-18-24-20(32-26-18)16-4-2-10-34-16/h1-10H,11-12H2. The molecule has 0 aliphatic carbocycles. The zero-order valence-electron chi connectivity index (χ0n) is 17.2. The number of thiophene rings is 2. The number of rotatable bonds is 8. The van der Waals surface area contributed by atoms with Gasteiger partial charge in [0.25, 0.3) is 11.8 Å². The monoisotopic (exact) mass is 494 g/mol. The molecule has 0 saturated carbocycles. The van der Waals surface area contributed by atoms with Gasteiger partial charge in [0.05, 0.1) is 20.9 Å². The van der Waals surface area contributed by atoms with Gasteiger partial charge in [0, 0.05) is 0 Å². The molecule has 0 unspecified atom stereocenters. The van der Waals surface area contributed by atoms with Gasteiger partial charge >= 0.3 is 11.9 Å². The third-order valence-electron chi connectivity index (χ3n) is 4.42. The average Bonchev–Trinajstić information content (AvgIpc) is 3.68. The Morgan fingerprint density at radius 1 is 0.706 bits per heavy atom. The van der Waals surface area contributed by atoms with Crippen molar-refractivity contribution in [2.45, 2.75) is 13.2 Å². The highest BCUT2D eigenvalue weighted by Crippen LogP contribution is 2.23. The Morgan fingerprint density at radius 3 is 1.53 bits per heavy atom. The van der Waals surface area contributed by atoms with Gasteiger partial charge in [0.2, 0.25) is 11.6 Å². The van der Waals surface area contributed by atoms with Crippen LogP contribution in [-0.4, -0.2) is 32.2 Å². The van der Waals surface area contributed by atoms with Gasteiger partial charge in [-0.05, 0) is 47.2 Å². The summed E-state index contributed by atoms with van der Waals surface area (Å²) in [5.74, 6) is 0.0619. The lowest BCUT2D eigenvalue weighted by Crippen LogP contribution is -2.08. The molecule has 0 fully saturated rings. The molecular formula is C22H14N4O6S2. The predicted octanol–water partition coefficient (Wildman–Crippen LogP) is 4.62. The molecule has 5 rings (SSSR count). The van der Waals surface area contributed by atoms with E-state index in [-0.39, 0.29) is 36.0 Å². The molecule has 0 aliphatic heterocycles. The lowest BCUT2D eigenvalue weighted by Gasteiger charge is -2.04. The topological polar surface area (TPSA) is 130 Å². The molecule has 5 aromatic rings. The first-order valence-corrected chi connectivity index (χ1v) is 11.6. The minimum Gasteiger partial charge on any atom is -0.454 e. The molecule has 34 heavy (non-hydrogen) atoms. The van der Waals surface area contributed by atoms with Crippen molar-refractivity contribution in [3.63, 3.8) is 0 Å². The van der Waals surface area contributed by atoms with Gasteiger partial charge < -0.3 is 18.5 Å². The molecule has 0 bridgehead atoms. The Kier molecular flexibility index (Phi) is 6.23. The summed E-state index contributed by atoms with van der Waals surface area (Å²) in [7, 11) is 0. The highest BCUT2D eigenvalue weighted by atomic mass is 32.1. The largest absolute Gasteiger partial charge is 0.454 e. The fraction of sp³-hybridized carbons (Fsp3) is 0.0909. The summed E-state index contributed by atoms with van der Waals surface area (Å²) < 4.78 is 20.8. The summed E-state index contributed by atoms with van der Waals surface area (Å²) in [4.78, 5) is 34.6. The van der Waals surface area contributed by atoms with Gasteiger partial charge in [0.1, 0.15) is 0 Å². The number of aromatic nitrogens is 4. The van der Waals surface area contributed by atoms with E-state index in [0.717, 1.165) is 9.75 Å². The maximum absolute atomic E-state index is 12.3. The number of hydrogen-bond acceptors (Lipinski definition) is 12. The quantitative estimate of drug-likeness (QED) is 0.281. The van der Waals surface area contributed by atoms with Crippen LogP contribution < -0.4 is 0 Å². The smallest absolute Gasteiger partial charge is 0.338 e. The van der Waals surface area contributed by atoms with E-state index in [1.54, 1.807) is 0 Å². The summed E-state index contributed by atoms with van der Waals surface area (Å²) >= 11 is 2.93. The Hall–Kier alpha value is -4.16. The van der Waals surface area contributed by atoms with Gasteiger partial charge in [-0.15, -0.1) is 22.7 Å². The third kappa shape index (κ3) is 4.92. The van der Waals surface area contributed by atoms with E-state index in [1.165, 1.54) is 46.9 Å². The van der Waals surface area contributed by atoms with Gasteiger partial charge in [0.15, 0.2) is 13.2 Å². The van der Waals surface area contributed by atoms with Crippen LogP contribution in [0.3, 0.4) is 0 Å². The van der Waals surface area contributed by atoms with Crippen molar-refractivity contribution in [2.75, 3.05) is 0 Å². The fourth-order valence-electron chi connectivity index (χ4n) is 2.80. The first-order chi connectivity index (χ1) is 16.7. The minimum atomic E-state index is -0.588. The molecule has 0 spiro atoms. The number of nitrogens with zero attached hydrogens (tertiary/aromatic N) is 4. The molecule has 12 heteroatoms. The second kappa shape index (κ2) is 9.77. The Morgan fingerprint density at radius 2 is 1.15 bits per heavy atom. The van der Waals surface area contributed by atoms with E-state index >= 15 is 0 Å². The van der Waals surface area contributed by atoms with Gasteiger partial charge in [-0.25, -0.2) is 9.59 Å². The number of carbonyl (C=O) groups excluding carboxylic acids is 2. The predicted molar refractivity (Wildman–Crippen MR) is 120 cm³/mol. The second-order valence-electron chi connectivity index (χ2n) is 6.72. The van der Waals surface area contributed by atoms with E-state index in [0.29, 0.717) is 11.8 Å². The van der Waals surface area contributed by atoms with Crippen molar-refractivity contribution in [1.82, 2.24) is 20.3 Å². The number of esters is 2. The summed E-state index contributed by atoms with van der Waals surface area (Å²) in [6, 6.07) is 13.3. The van der Waals surface area contributed by atoms with Crippen LogP contribution in [0.2, 0.25) is 0 Å². The fourth-order valence-corrected chi connectivity index (χ4v) is 4.08. The van der Waals surface area contributed by atoms with Crippen LogP contribution in [0.25, 0.3) is 21.5 Å². The van der Waals surface area contributed by atoms with E-state index in [9.17, 15) is 9.59 Å². The Balaban J connectivity index is 1.12. The van der Waals surface area contributed by atoms with Gasteiger partial charge in [-0.1, -0.05) is 22.4 Å². The van der Waals surface area contributed by atoms with Crippen LogP contribution in [0, 0.1) is 0 Å².